The summed E-state index contributed by atoms with van der Waals surface area (Å²) in [5.74, 6) is 0. The lowest BCUT2D eigenvalue weighted by Gasteiger charge is -2.11. The van der Waals surface area contributed by atoms with Crippen LogP contribution in [0.4, 0.5) is 0 Å². The van der Waals surface area contributed by atoms with Crippen LogP contribution < -0.4 is 38.2 Å². The smallest absolute Gasteiger partial charge is 0.143 e. The molecule has 90 valence electrons. The Labute approximate surface area is 126 Å². The van der Waals surface area contributed by atoms with E-state index in [1.165, 1.54) is 49.0 Å². The number of hydrogen-bond acceptors (Lipinski definition) is 1. The summed E-state index contributed by atoms with van der Waals surface area (Å²) in [7, 11) is 15.3. The molecule has 0 aliphatic heterocycles. The van der Waals surface area contributed by atoms with E-state index < -0.39 is 0 Å². The molecule has 0 bridgehead atoms. The molecule has 3 rings (SSSR count). The van der Waals surface area contributed by atoms with E-state index in [1.54, 1.807) is 0 Å². The van der Waals surface area contributed by atoms with Crippen LogP contribution in [0.15, 0.2) is 10.5 Å². The third-order valence-electron chi connectivity index (χ3n) is 5.07. The number of benzene rings is 2. The van der Waals surface area contributed by atoms with E-state index in [2.05, 4.69) is 61.0 Å². The fourth-order valence-electron chi connectivity index (χ4n) is 3.30. The molecule has 0 aliphatic carbocycles. The van der Waals surface area contributed by atoms with Crippen molar-refractivity contribution in [1.29, 1.82) is 0 Å². The Morgan fingerprint density at radius 1 is 0.550 bits per heavy atom. The monoisotopic (exact) mass is 252 g/mol. The van der Waals surface area contributed by atoms with Gasteiger partial charge in [0, 0.05) is 10.8 Å². The maximum Gasteiger partial charge on any atom is 0.143 e. The maximum atomic E-state index is 6.29. The molecule has 0 aliphatic rings. The summed E-state index contributed by atoms with van der Waals surface area (Å²) in [5, 5.41) is 2.60. The third kappa shape index (κ3) is 1.60. The van der Waals surface area contributed by atoms with Gasteiger partial charge in [0.25, 0.3) is 0 Å². The Morgan fingerprint density at radius 2 is 1.10 bits per heavy atom. The van der Waals surface area contributed by atoms with Crippen LogP contribution in [0.25, 0.3) is 21.9 Å². The molecular weight excluding hydrogens is 236 g/mol. The van der Waals surface area contributed by atoms with Gasteiger partial charge in [-0.2, -0.15) is 0 Å². The molecule has 20 heavy (non-hydrogen) atoms. The van der Waals surface area contributed by atoms with Crippen molar-refractivity contribution in [3.63, 3.8) is 0 Å². The largest absolute Gasteiger partial charge is 0.457 e. The van der Waals surface area contributed by atoms with Crippen molar-refractivity contribution in [2.75, 3.05) is 0 Å². The Kier molecular flexibility index (Phi) is 2.97. The van der Waals surface area contributed by atoms with Gasteiger partial charge in [-0.05, 0) is 0 Å². The van der Waals surface area contributed by atoms with E-state index in [4.69, 9.17) is 4.42 Å². The number of rotatable bonds is 0. The van der Waals surface area contributed by atoms with Crippen molar-refractivity contribution in [3.8, 4) is 0 Å². The van der Waals surface area contributed by atoms with Crippen molar-refractivity contribution in [2.24, 2.45) is 0 Å². The summed E-state index contributed by atoms with van der Waals surface area (Å²) in [6, 6.07) is 2.27. The first-order valence-electron chi connectivity index (χ1n) is 7.24. The van der Waals surface area contributed by atoms with Crippen LogP contribution in [-0.2, 0) is 0 Å². The summed E-state index contributed by atoms with van der Waals surface area (Å²) in [6.45, 7) is 0. The number of hydrogen-bond donors (Lipinski definition) is 0. The van der Waals surface area contributed by atoms with E-state index in [0.717, 1.165) is 11.2 Å². The highest BCUT2D eigenvalue weighted by molar-refractivity contribution is 6.68. The van der Waals surface area contributed by atoms with E-state index in [0.29, 0.717) is 0 Å². The number of furan rings is 1. The molecule has 1 nitrogen and oxygen atoms in total. The molecule has 1 aromatic heterocycles. The van der Waals surface area contributed by atoms with Crippen LogP contribution in [0, 0.1) is 0 Å². The summed E-state index contributed by atoms with van der Waals surface area (Å²) in [5.41, 5.74) is 11.4. The zero-order valence-corrected chi connectivity index (χ0v) is 13.5. The zero-order valence-electron chi connectivity index (χ0n) is 13.5. The molecule has 0 fully saturated rings. The van der Waals surface area contributed by atoms with Crippen molar-refractivity contribution >= 4 is 115 Å². The first kappa shape index (κ1) is 13.7. The first-order chi connectivity index (χ1) is 9.34. The zero-order chi connectivity index (χ0) is 14.8. The fourth-order valence-corrected chi connectivity index (χ4v) is 3.30. The molecule has 0 atom stereocenters. The SMILES string of the molecule is Bc1cc(B)c2c(oc3c(B)c(B)c(B)c(B)c32)c1B. The Hall–Kier alpha value is -1.31. The van der Waals surface area contributed by atoms with Crippen molar-refractivity contribution < 1.29 is 4.42 Å². The van der Waals surface area contributed by atoms with Gasteiger partial charge >= 0.3 is 0 Å². The quantitative estimate of drug-likeness (QED) is 0.362. The van der Waals surface area contributed by atoms with Gasteiger partial charge in [-0.3, -0.25) is 0 Å². The molecule has 0 radical (unpaired) electrons. The highest BCUT2D eigenvalue weighted by Crippen LogP contribution is 2.21. The van der Waals surface area contributed by atoms with Crippen molar-refractivity contribution in [3.05, 3.63) is 6.07 Å². The van der Waals surface area contributed by atoms with Gasteiger partial charge in [-0.1, -0.05) is 38.8 Å². The minimum absolute atomic E-state index is 1.06. The third-order valence-corrected chi connectivity index (χ3v) is 5.07. The number of fused-ring (bicyclic) bond motifs is 3. The second kappa shape index (κ2) is 4.34. The molecule has 3 aromatic rings. The molecule has 0 unspecified atom stereocenters. The fraction of sp³-hybridized carbons (Fsp3) is 0. The standard InChI is InChI=1S/C12H15B7O/c13-2-1-3(14)6(15)11-4(2)5-7(16)8(17)9(18)10(19)12(5)20-11/h1H,13-19H2. The van der Waals surface area contributed by atoms with E-state index in [1.807, 2.05) is 0 Å². The Balaban J connectivity index is 2.71. The molecular formula is C12H15B7O. The van der Waals surface area contributed by atoms with E-state index in [9.17, 15) is 0 Å². The van der Waals surface area contributed by atoms with Gasteiger partial charge < -0.3 is 4.42 Å². The topological polar surface area (TPSA) is 13.1 Å². The molecule has 2 aromatic carbocycles. The van der Waals surface area contributed by atoms with Gasteiger partial charge in [-0.15, -0.1) is 5.46 Å². The summed E-state index contributed by atoms with van der Waals surface area (Å²) in [4.78, 5) is 0. The van der Waals surface area contributed by atoms with Gasteiger partial charge in [0.15, 0.2) is 0 Å². The lowest BCUT2D eigenvalue weighted by Crippen LogP contribution is -2.47. The minimum Gasteiger partial charge on any atom is -0.457 e. The second-order valence-corrected chi connectivity index (χ2v) is 6.15. The summed E-state index contributed by atoms with van der Waals surface area (Å²) in [6.07, 6.45) is 0. The van der Waals surface area contributed by atoms with Crippen LogP contribution in [0.3, 0.4) is 0 Å². The Bertz CT molecular complexity index is 881. The normalized spacial score (nSPS) is 11.4. The summed E-state index contributed by atoms with van der Waals surface area (Å²) < 4.78 is 6.29. The molecule has 0 spiro atoms. The van der Waals surface area contributed by atoms with Crippen LogP contribution >= 0.6 is 0 Å². The van der Waals surface area contributed by atoms with Crippen molar-refractivity contribution in [2.45, 2.75) is 0 Å². The van der Waals surface area contributed by atoms with Gasteiger partial charge in [0.05, 0.1) is 0 Å². The molecule has 8 heteroatoms. The summed E-state index contributed by atoms with van der Waals surface area (Å²) >= 11 is 0. The Morgan fingerprint density at radius 3 is 1.75 bits per heavy atom. The average molecular weight is 251 g/mol. The highest BCUT2D eigenvalue weighted by atomic mass is 16.3. The molecule has 0 saturated carbocycles. The molecule has 0 amide bonds. The second-order valence-electron chi connectivity index (χ2n) is 6.15. The lowest BCUT2D eigenvalue weighted by molar-refractivity contribution is 0.675. The van der Waals surface area contributed by atoms with E-state index in [-0.39, 0.29) is 0 Å². The van der Waals surface area contributed by atoms with E-state index >= 15 is 0 Å². The van der Waals surface area contributed by atoms with Crippen LogP contribution in [0.1, 0.15) is 0 Å². The van der Waals surface area contributed by atoms with Gasteiger partial charge in [0.2, 0.25) is 0 Å². The first-order valence-corrected chi connectivity index (χ1v) is 7.24. The predicted octanol–water partition coefficient (Wildman–Crippen LogP) is -8.61. The van der Waals surface area contributed by atoms with Crippen LogP contribution in [-0.4, -0.2) is 54.9 Å². The van der Waals surface area contributed by atoms with Crippen molar-refractivity contribution in [1.82, 2.24) is 0 Å². The maximum absolute atomic E-state index is 6.29. The average Bonchev–Trinajstić information content (AvgIpc) is 2.81. The van der Waals surface area contributed by atoms with Gasteiger partial charge in [0.1, 0.15) is 66.1 Å². The molecule has 0 N–H and O–H groups in total. The lowest BCUT2D eigenvalue weighted by atomic mass is 9.65. The molecule has 0 saturated heterocycles. The van der Waals surface area contributed by atoms with Crippen LogP contribution in [0.2, 0.25) is 0 Å². The minimum atomic E-state index is 1.06. The van der Waals surface area contributed by atoms with Gasteiger partial charge in [-0.25, -0.2) is 0 Å². The van der Waals surface area contributed by atoms with Crippen LogP contribution in [0.5, 0.6) is 0 Å². The molecule has 1 heterocycles. The predicted molar refractivity (Wildman–Crippen MR) is 111 cm³/mol. The highest BCUT2D eigenvalue weighted by Gasteiger charge is 2.18.